The molecule has 30 heavy (non-hydrogen) atoms. The van der Waals surface area contributed by atoms with Crippen molar-refractivity contribution in [3.05, 3.63) is 100 Å². The fourth-order valence-corrected chi connectivity index (χ4v) is 2.92. The molecule has 1 heterocycles. The van der Waals surface area contributed by atoms with Gasteiger partial charge >= 0.3 is 0 Å². The lowest BCUT2D eigenvalue weighted by Gasteiger charge is -2.10. The molecule has 0 aliphatic rings. The molecule has 6 heteroatoms. The first kappa shape index (κ1) is 21.3. The van der Waals surface area contributed by atoms with E-state index in [-0.39, 0.29) is 18.1 Å². The van der Waals surface area contributed by atoms with Gasteiger partial charge in [-0.15, -0.1) is 6.58 Å². The first-order valence-electron chi connectivity index (χ1n) is 9.31. The Balaban J connectivity index is 1.86. The van der Waals surface area contributed by atoms with Crippen LogP contribution in [-0.4, -0.2) is 18.4 Å². The van der Waals surface area contributed by atoms with Crippen LogP contribution in [0.3, 0.4) is 0 Å². The topological polar surface area (TPSA) is 71.3 Å². The normalized spacial score (nSPS) is 11.1. The van der Waals surface area contributed by atoms with Crippen molar-refractivity contribution >= 4 is 33.8 Å². The second-order valence-corrected chi connectivity index (χ2v) is 7.50. The first-order chi connectivity index (χ1) is 14.5. The maximum Gasteiger partial charge on any atom is 0.268 e. The summed E-state index contributed by atoms with van der Waals surface area (Å²) < 4.78 is 6.82. The molecule has 0 aliphatic carbocycles. The number of nitrogens with one attached hydrogen (secondary N) is 2. The summed E-state index contributed by atoms with van der Waals surface area (Å²) in [7, 11) is 0. The predicted octanol–water partition coefficient (Wildman–Crippen LogP) is 5.09. The van der Waals surface area contributed by atoms with Crippen LogP contribution in [0.2, 0.25) is 0 Å². The lowest BCUT2D eigenvalue weighted by molar-refractivity contribution is -0.117. The monoisotopic (exact) mass is 464 g/mol. The molecule has 0 saturated heterocycles. The number of rotatable bonds is 7. The molecule has 0 atom stereocenters. The third-order valence-electron chi connectivity index (χ3n) is 4.26. The highest BCUT2D eigenvalue weighted by atomic mass is 79.9. The highest BCUT2D eigenvalue weighted by Crippen LogP contribution is 2.25. The van der Waals surface area contributed by atoms with Gasteiger partial charge < -0.3 is 15.1 Å². The minimum Gasteiger partial charge on any atom is -0.457 e. The van der Waals surface area contributed by atoms with Gasteiger partial charge in [0.1, 0.15) is 17.2 Å². The Morgan fingerprint density at radius 1 is 1.03 bits per heavy atom. The zero-order valence-electron chi connectivity index (χ0n) is 16.4. The Morgan fingerprint density at radius 3 is 2.40 bits per heavy atom. The fourth-order valence-electron chi connectivity index (χ4n) is 2.66. The number of carbonyl (C=O) groups excluding carboxylic acids is 2. The lowest BCUT2D eigenvalue weighted by atomic mass is 10.1. The van der Waals surface area contributed by atoms with Crippen molar-refractivity contribution in [1.29, 1.82) is 0 Å². The highest BCUT2D eigenvalue weighted by molar-refractivity contribution is 9.10. The smallest absolute Gasteiger partial charge is 0.268 e. The van der Waals surface area contributed by atoms with E-state index in [1.54, 1.807) is 24.3 Å². The summed E-state index contributed by atoms with van der Waals surface area (Å²) in [5.41, 5.74) is 2.48. The van der Waals surface area contributed by atoms with Crippen molar-refractivity contribution in [2.24, 2.45) is 0 Å². The number of hydrogen-bond acceptors (Lipinski definition) is 3. The van der Waals surface area contributed by atoms with Crippen LogP contribution < -0.4 is 10.6 Å². The molecule has 3 rings (SSSR count). The molecule has 0 fully saturated rings. The van der Waals surface area contributed by atoms with Gasteiger partial charge in [-0.2, -0.15) is 0 Å². The van der Waals surface area contributed by atoms with E-state index in [2.05, 4.69) is 33.1 Å². The number of carbonyl (C=O) groups is 2. The van der Waals surface area contributed by atoms with Crippen molar-refractivity contribution in [1.82, 2.24) is 10.6 Å². The van der Waals surface area contributed by atoms with Crippen LogP contribution in [0.4, 0.5) is 0 Å². The van der Waals surface area contributed by atoms with E-state index in [1.165, 1.54) is 6.08 Å². The molecule has 2 N–H and O–H groups in total. The standard InChI is InChI=1S/C24H21BrN2O3/c1-3-14-26-24(29)21(27-23(28)18-6-4-16(2)5-7-18)15-20-12-13-22(30-20)17-8-10-19(25)11-9-17/h3-13,15H,1,14H2,2H3,(H,26,29)(H,27,28)/b21-15-. The Kier molecular flexibility index (Phi) is 7.03. The SMILES string of the molecule is C=CCNC(=O)/C(=C/c1ccc(-c2ccc(Br)cc2)o1)NC(=O)c1ccc(C)cc1. The quantitative estimate of drug-likeness (QED) is 0.377. The van der Waals surface area contributed by atoms with Gasteiger partial charge in [-0.1, -0.05) is 51.8 Å². The van der Waals surface area contributed by atoms with Crippen LogP contribution in [0.1, 0.15) is 21.7 Å². The van der Waals surface area contributed by atoms with Crippen LogP contribution >= 0.6 is 15.9 Å². The summed E-state index contributed by atoms with van der Waals surface area (Å²) in [6.45, 7) is 5.81. The van der Waals surface area contributed by atoms with Crippen molar-refractivity contribution in [3.63, 3.8) is 0 Å². The number of halogens is 1. The fraction of sp³-hybridized carbons (Fsp3) is 0.0833. The van der Waals surface area contributed by atoms with E-state index >= 15 is 0 Å². The molecule has 2 amide bonds. The number of aryl methyl sites for hydroxylation is 1. The summed E-state index contributed by atoms with van der Waals surface area (Å²) in [6.07, 6.45) is 3.07. The van der Waals surface area contributed by atoms with Crippen LogP contribution in [0.5, 0.6) is 0 Å². The second-order valence-electron chi connectivity index (χ2n) is 6.59. The van der Waals surface area contributed by atoms with Gasteiger partial charge in [0.25, 0.3) is 11.8 Å². The zero-order chi connectivity index (χ0) is 21.5. The molecule has 0 unspecified atom stereocenters. The molecule has 3 aromatic rings. The molecule has 0 saturated carbocycles. The second kappa shape index (κ2) is 9.89. The average Bonchev–Trinajstić information content (AvgIpc) is 3.21. The van der Waals surface area contributed by atoms with Crippen molar-refractivity contribution < 1.29 is 14.0 Å². The van der Waals surface area contributed by atoms with Gasteiger partial charge in [-0.05, 0) is 43.3 Å². The highest BCUT2D eigenvalue weighted by Gasteiger charge is 2.15. The number of hydrogen-bond donors (Lipinski definition) is 2. The third kappa shape index (κ3) is 5.58. The Bertz CT molecular complexity index is 1080. The summed E-state index contributed by atoms with van der Waals surface area (Å²) in [6, 6.07) is 18.4. The Morgan fingerprint density at radius 2 is 1.73 bits per heavy atom. The number of benzene rings is 2. The molecule has 0 spiro atoms. The minimum absolute atomic E-state index is 0.0825. The maximum absolute atomic E-state index is 12.6. The van der Waals surface area contributed by atoms with Gasteiger partial charge in [0.05, 0.1) is 0 Å². The lowest BCUT2D eigenvalue weighted by Crippen LogP contribution is -2.34. The largest absolute Gasteiger partial charge is 0.457 e. The van der Waals surface area contributed by atoms with Crippen molar-refractivity contribution in [2.45, 2.75) is 6.92 Å². The van der Waals surface area contributed by atoms with Crippen molar-refractivity contribution in [2.75, 3.05) is 6.54 Å². The van der Waals surface area contributed by atoms with Gasteiger partial charge in [-0.3, -0.25) is 9.59 Å². The predicted molar refractivity (Wildman–Crippen MR) is 122 cm³/mol. The Labute approximate surface area is 183 Å². The van der Waals surface area contributed by atoms with E-state index in [4.69, 9.17) is 4.42 Å². The maximum atomic E-state index is 12.6. The van der Waals surface area contributed by atoms with E-state index in [0.29, 0.717) is 17.1 Å². The molecule has 0 bridgehead atoms. The van der Waals surface area contributed by atoms with Gasteiger partial charge in [0.15, 0.2) is 0 Å². The van der Waals surface area contributed by atoms with E-state index in [0.717, 1.165) is 15.6 Å². The van der Waals surface area contributed by atoms with Crippen LogP contribution in [-0.2, 0) is 4.79 Å². The minimum atomic E-state index is -0.433. The van der Waals surface area contributed by atoms with Crippen LogP contribution in [0.15, 0.2) is 87.9 Å². The van der Waals surface area contributed by atoms with E-state index in [1.807, 2.05) is 49.4 Å². The first-order valence-corrected chi connectivity index (χ1v) is 10.1. The molecule has 1 aromatic heterocycles. The molecule has 0 radical (unpaired) electrons. The molecule has 5 nitrogen and oxygen atoms in total. The Hall–Kier alpha value is -3.38. The molecule has 152 valence electrons. The number of furan rings is 1. The van der Waals surface area contributed by atoms with Crippen molar-refractivity contribution in [3.8, 4) is 11.3 Å². The van der Waals surface area contributed by atoms with Gasteiger partial charge in [0.2, 0.25) is 0 Å². The summed E-state index contributed by atoms with van der Waals surface area (Å²) in [4.78, 5) is 25.2. The van der Waals surface area contributed by atoms with Crippen LogP contribution in [0.25, 0.3) is 17.4 Å². The van der Waals surface area contributed by atoms with E-state index in [9.17, 15) is 9.59 Å². The summed E-state index contributed by atoms with van der Waals surface area (Å²) >= 11 is 3.41. The third-order valence-corrected chi connectivity index (χ3v) is 4.78. The molecule has 2 aromatic carbocycles. The summed E-state index contributed by atoms with van der Waals surface area (Å²) in [5, 5.41) is 5.35. The van der Waals surface area contributed by atoms with Gasteiger partial charge in [0, 0.05) is 28.2 Å². The zero-order valence-corrected chi connectivity index (χ0v) is 18.0. The van der Waals surface area contributed by atoms with E-state index < -0.39 is 5.91 Å². The average molecular weight is 465 g/mol. The molecular formula is C24H21BrN2O3. The van der Waals surface area contributed by atoms with Gasteiger partial charge in [-0.25, -0.2) is 0 Å². The van der Waals surface area contributed by atoms with Crippen LogP contribution in [0, 0.1) is 6.92 Å². The molecular weight excluding hydrogens is 444 g/mol. The molecule has 0 aliphatic heterocycles. The number of amides is 2. The summed E-state index contributed by atoms with van der Waals surface area (Å²) in [5.74, 6) is 0.289.